The van der Waals surface area contributed by atoms with Crippen molar-refractivity contribution in [2.24, 2.45) is 0 Å². The minimum atomic E-state index is -4.81. The summed E-state index contributed by atoms with van der Waals surface area (Å²) in [5.74, 6) is -6.50. The van der Waals surface area contributed by atoms with Crippen molar-refractivity contribution in [1.29, 1.82) is 0 Å². The lowest BCUT2D eigenvalue weighted by Gasteiger charge is -2.21. The maximum absolute atomic E-state index is 12.8. The van der Waals surface area contributed by atoms with Crippen molar-refractivity contribution in [3.63, 3.8) is 0 Å². The summed E-state index contributed by atoms with van der Waals surface area (Å²) in [6, 6.07) is 2.38. The first-order chi connectivity index (χ1) is 9.32. The number of alkyl halides is 4. The van der Waals surface area contributed by atoms with E-state index < -0.39 is 18.3 Å². The molecule has 0 aromatic heterocycles. The number of fused-ring (bicyclic) bond motifs is 1. The van der Waals surface area contributed by atoms with E-state index in [2.05, 4.69) is 0 Å². The molecule has 4 nitrogen and oxygen atoms in total. The maximum atomic E-state index is 12.8. The summed E-state index contributed by atoms with van der Waals surface area (Å²) in [6.07, 6.45) is -4.11. The first kappa shape index (κ1) is 14.7. The summed E-state index contributed by atoms with van der Waals surface area (Å²) in [5, 5.41) is 1.51. The van der Waals surface area contributed by atoms with Gasteiger partial charge in [0.1, 0.15) is 13.2 Å². The van der Waals surface area contributed by atoms with Crippen LogP contribution in [0.25, 0.3) is 0 Å². The normalized spacial score (nSPS) is 14.3. The average molecular weight is 314 g/mol. The molecule has 1 aliphatic heterocycles. The van der Waals surface area contributed by atoms with Crippen molar-refractivity contribution in [2.45, 2.75) is 12.3 Å². The standard InChI is InChI=1S/C11H8ClF4NO3/c12-5-3-7-8(20-2-1-19-7)4-6(5)17-10(18)11(15,16)9(13)14/h3-4,9H,1-2H2,(H,17,18). The Morgan fingerprint density at radius 2 is 1.80 bits per heavy atom. The van der Waals surface area contributed by atoms with Crippen LogP contribution in [0.5, 0.6) is 11.5 Å². The van der Waals surface area contributed by atoms with Crippen LogP contribution in [-0.2, 0) is 4.79 Å². The number of nitrogens with one attached hydrogen (secondary N) is 1. The molecular weight excluding hydrogens is 306 g/mol. The van der Waals surface area contributed by atoms with Crippen molar-refractivity contribution in [1.82, 2.24) is 0 Å². The van der Waals surface area contributed by atoms with E-state index >= 15 is 0 Å². The molecule has 1 N–H and O–H groups in total. The van der Waals surface area contributed by atoms with Gasteiger partial charge in [0.05, 0.1) is 10.7 Å². The fourth-order valence-corrected chi connectivity index (χ4v) is 1.67. The molecule has 0 radical (unpaired) electrons. The van der Waals surface area contributed by atoms with Crippen LogP contribution in [0.3, 0.4) is 0 Å². The molecule has 0 bridgehead atoms. The van der Waals surface area contributed by atoms with Gasteiger partial charge in [0.2, 0.25) is 0 Å². The first-order valence-corrected chi connectivity index (χ1v) is 5.76. The third-order valence-corrected chi connectivity index (χ3v) is 2.77. The number of carbonyl (C=O) groups is 1. The largest absolute Gasteiger partial charge is 0.486 e. The number of rotatable bonds is 3. The highest BCUT2D eigenvalue weighted by Gasteiger charge is 2.49. The molecule has 0 saturated heterocycles. The molecule has 0 spiro atoms. The Labute approximate surface area is 115 Å². The van der Waals surface area contributed by atoms with E-state index in [1.54, 1.807) is 5.32 Å². The number of ether oxygens (including phenoxy) is 2. The SMILES string of the molecule is O=C(Nc1cc2c(cc1Cl)OCCO2)C(F)(F)C(F)F. The fourth-order valence-electron chi connectivity index (χ4n) is 1.46. The third-order valence-electron chi connectivity index (χ3n) is 2.46. The van der Waals surface area contributed by atoms with E-state index in [9.17, 15) is 22.4 Å². The first-order valence-electron chi connectivity index (χ1n) is 5.39. The molecule has 0 atom stereocenters. The Morgan fingerprint density at radius 1 is 1.25 bits per heavy atom. The molecule has 0 unspecified atom stereocenters. The second-order valence-corrected chi connectivity index (χ2v) is 4.26. The summed E-state index contributed by atoms with van der Waals surface area (Å²) < 4.78 is 60.1. The van der Waals surface area contributed by atoms with Gasteiger partial charge in [-0.25, -0.2) is 8.78 Å². The lowest BCUT2D eigenvalue weighted by atomic mass is 10.2. The van der Waals surface area contributed by atoms with Gasteiger partial charge in [0.25, 0.3) is 0 Å². The van der Waals surface area contributed by atoms with Gasteiger partial charge in [-0.3, -0.25) is 4.79 Å². The highest BCUT2D eigenvalue weighted by atomic mass is 35.5. The van der Waals surface area contributed by atoms with Crippen LogP contribution in [-0.4, -0.2) is 31.5 Å². The molecule has 0 aliphatic carbocycles. The molecule has 1 heterocycles. The molecule has 1 aromatic carbocycles. The Balaban J connectivity index is 2.24. The number of halogens is 5. The van der Waals surface area contributed by atoms with E-state index in [0.717, 1.165) is 6.07 Å². The number of anilines is 1. The van der Waals surface area contributed by atoms with E-state index in [0.29, 0.717) is 6.61 Å². The van der Waals surface area contributed by atoms with E-state index in [1.807, 2.05) is 0 Å². The zero-order valence-electron chi connectivity index (χ0n) is 9.76. The molecule has 1 amide bonds. The zero-order chi connectivity index (χ0) is 14.9. The van der Waals surface area contributed by atoms with Gasteiger partial charge in [-0.2, -0.15) is 8.78 Å². The number of hydrogen-bond donors (Lipinski definition) is 1. The minimum absolute atomic E-state index is 0.132. The summed E-state index contributed by atoms with van der Waals surface area (Å²) >= 11 is 5.75. The second kappa shape index (κ2) is 5.35. The number of hydrogen-bond acceptors (Lipinski definition) is 3. The molecule has 1 aliphatic rings. The Morgan fingerprint density at radius 3 is 2.35 bits per heavy atom. The Bertz CT molecular complexity index is 539. The van der Waals surface area contributed by atoms with Crippen molar-refractivity contribution in [2.75, 3.05) is 18.5 Å². The van der Waals surface area contributed by atoms with Crippen molar-refractivity contribution in [3.05, 3.63) is 17.2 Å². The lowest BCUT2D eigenvalue weighted by molar-refractivity contribution is -0.163. The van der Waals surface area contributed by atoms with E-state index in [-0.39, 0.29) is 28.8 Å². The molecule has 110 valence electrons. The lowest BCUT2D eigenvalue weighted by Crippen LogP contribution is -2.41. The number of amides is 1. The Hall–Kier alpha value is -1.70. The van der Waals surface area contributed by atoms with Crippen LogP contribution in [0.15, 0.2) is 12.1 Å². The highest BCUT2D eigenvalue weighted by molar-refractivity contribution is 6.34. The van der Waals surface area contributed by atoms with Crippen molar-refractivity contribution in [3.8, 4) is 11.5 Å². The molecule has 20 heavy (non-hydrogen) atoms. The van der Waals surface area contributed by atoms with Crippen molar-refractivity contribution < 1.29 is 31.8 Å². The summed E-state index contributed by atoms with van der Waals surface area (Å²) in [6.45, 7) is 0.522. The molecular formula is C11H8ClF4NO3. The smallest absolute Gasteiger partial charge is 0.383 e. The van der Waals surface area contributed by atoms with Gasteiger partial charge >= 0.3 is 18.3 Å². The van der Waals surface area contributed by atoms with Crippen LogP contribution < -0.4 is 14.8 Å². The molecule has 1 aromatic rings. The minimum Gasteiger partial charge on any atom is -0.486 e. The highest BCUT2D eigenvalue weighted by Crippen LogP contribution is 2.38. The van der Waals surface area contributed by atoms with Crippen molar-refractivity contribution >= 4 is 23.2 Å². The summed E-state index contributed by atoms with van der Waals surface area (Å²) in [7, 11) is 0. The predicted octanol–water partition coefficient (Wildman–Crippen LogP) is 2.95. The molecule has 9 heteroatoms. The monoisotopic (exact) mass is 313 g/mol. The average Bonchev–Trinajstić information content (AvgIpc) is 2.39. The quantitative estimate of drug-likeness (QED) is 0.873. The van der Waals surface area contributed by atoms with Crippen LogP contribution in [0.1, 0.15) is 0 Å². The van der Waals surface area contributed by atoms with E-state index in [4.69, 9.17) is 21.1 Å². The van der Waals surface area contributed by atoms with Gasteiger partial charge in [-0.05, 0) is 0 Å². The summed E-state index contributed by atoms with van der Waals surface area (Å²) in [5.41, 5.74) is -0.263. The third kappa shape index (κ3) is 2.74. The molecule has 0 fully saturated rings. The fraction of sp³-hybridized carbons (Fsp3) is 0.364. The molecule has 2 rings (SSSR count). The van der Waals surface area contributed by atoms with Gasteiger partial charge in [-0.15, -0.1) is 0 Å². The number of carbonyl (C=O) groups excluding carboxylic acids is 1. The Kier molecular flexibility index (Phi) is 3.94. The van der Waals surface area contributed by atoms with Crippen LogP contribution >= 0.6 is 11.6 Å². The number of benzene rings is 1. The van der Waals surface area contributed by atoms with Crippen LogP contribution in [0, 0.1) is 0 Å². The van der Waals surface area contributed by atoms with Gasteiger partial charge in [0, 0.05) is 12.1 Å². The predicted molar refractivity (Wildman–Crippen MR) is 62.0 cm³/mol. The van der Waals surface area contributed by atoms with Gasteiger partial charge in [-0.1, -0.05) is 11.6 Å². The molecule has 0 saturated carbocycles. The van der Waals surface area contributed by atoms with Gasteiger partial charge < -0.3 is 14.8 Å². The van der Waals surface area contributed by atoms with E-state index in [1.165, 1.54) is 6.07 Å². The zero-order valence-corrected chi connectivity index (χ0v) is 10.5. The van der Waals surface area contributed by atoms with Crippen LogP contribution in [0.4, 0.5) is 23.2 Å². The van der Waals surface area contributed by atoms with Gasteiger partial charge in [0.15, 0.2) is 11.5 Å². The maximum Gasteiger partial charge on any atom is 0.383 e. The second-order valence-electron chi connectivity index (χ2n) is 3.85. The van der Waals surface area contributed by atoms with Crippen LogP contribution in [0.2, 0.25) is 5.02 Å². The summed E-state index contributed by atoms with van der Waals surface area (Å²) in [4.78, 5) is 11.1. The topological polar surface area (TPSA) is 47.6 Å².